The Morgan fingerprint density at radius 2 is 1.90 bits per heavy atom. The molecule has 0 spiro atoms. The molecular formula is C30H24FN5O4S2. The van der Waals surface area contributed by atoms with Crippen LogP contribution in [0.4, 0.5) is 9.52 Å². The SMILES string of the molecule is COc1cccc(C2/C(=C(\O)c3nc4c(C)cccn4c3C)C(=O)C(=O)N2c2nnc(SCc3ccccc3F)s2)c1. The topological polar surface area (TPSA) is 110 Å². The summed E-state index contributed by atoms with van der Waals surface area (Å²) in [6.45, 7) is 3.69. The fourth-order valence-electron chi connectivity index (χ4n) is 4.94. The number of aliphatic hydroxyl groups is 1. The molecule has 1 amide bonds. The van der Waals surface area contributed by atoms with Crippen molar-refractivity contribution < 1.29 is 23.8 Å². The van der Waals surface area contributed by atoms with Crippen LogP contribution in [0, 0.1) is 19.7 Å². The molecule has 1 fully saturated rings. The molecule has 12 heteroatoms. The van der Waals surface area contributed by atoms with Gasteiger partial charge in [-0.2, -0.15) is 0 Å². The lowest BCUT2D eigenvalue weighted by Crippen LogP contribution is -2.29. The first-order valence-electron chi connectivity index (χ1n) is 12.9. The van der Waals surface area contributed by atoms with Crippen LogP contribution in [0.25, 0.3) is 11.4 Å². The Hall–Kier alpha value is -4.55. The summed E-state index contributed by atoms with van der Waals surface area (Å²) in [4.78, 5) is 33.1. The molecule has 3 aromatic heterocycles. The number of amides is 1. The standard InChI is InChI=1S/C30H24FN5O4S2/c1-16-8-7-13-35-17(2)23(32-27(16)35)25(37)22-24(18-10-6-11-20(14-18)40-3)36(28(39)26(22)38)29-33-34-30(42-29)41-15-19-9-4-5-12-21(19)31/h4-14,24,37H,15H2,1-3H3/b25-22+. The number of anilines is 1. The Morgan fingerprint density at radius 3 is 2.67 bits per heavy atom. The lowest BCUT2D eigenvalue weighted by molar-refractivity contribution is -0.132. The summed E-state index contributed by atoms with van der Waals surface area (Å²) in [6, 6.07) is 16.1. The maximum atomic E-state index is 14.1. The van der Waals surface area contributed by atoms with Crippen LogP contribution in [0.15, 0.2) is 76.8 Å². The number of imidazole rings is 1. The highest BCUT2D eigenvalue weighted by Crippen LogP contribution is 2.45. The Kier molecular flexibility index (Phi) is 7.25. The second-order valence-electron chi connectivity index (χ2n) is 9.61. The smallest absolute Gasteiger partial charge is 0.301 e. The van der Waals surface area contributed by atoms with Gasteiger partial charge in [-0.05, 0) is 54.8 Å². The van der Waals surface area contributed by atoms with Crippen LogP contribution in [0.1, 0.15) is 34.1 Å². The third kappa shape index (κ3) is 4.72. The first kappa shape index (κ1) is 27.6. The number of carbonyl (C=O) groups excluding carboxylic acids is 2. The van der Waals surface area contributed by atoms with Gasteiger partial charge in [0, 0.05) is 11.9 Å². The van der Waals surface area contributed by atoms with Gasteiger partial charge < -0.3 is 14.2 Å². The van der Waals surface area contributed by atoms with Crippen molar-refractivity contribution in [1.29, 1.82) is 0 Å². The van der Waals surface area contributed by atoms with E-state index in [1.54, 1.807) is 49.4 Å². The van der Waals surface area contributed by atoms with Crippen molar-refractivity contribution in [2.45, 2.75) is 30.0 Å². The number of carbonyl (C=O) groups is 2. The summed E-state index contributed by atoms with van der Waals surface area (Å²) in [5.41, 5.74) is 3.26. The van der Waals surface area contributed by atoms with E-state index in [2.05, 4.69) is 15.2 Å². The van der Waals surface area contributed by atoms with Gasteiger partial charge in [-0.15, -0.1) is 10.2 Å². The summed E-state index contributed by atoms with van der Waals surface area (Å²) in [6.07, 6.45) is 1.82. The lowest BCUT2D eigenvalue weighted by atomic mass is 9.96. The molecule has 9 nitrogen and oxygen atoms in total. The zero-order valence-corrected chi connectivity index (χ0v) is 24.4. The molecule has 1 atom stereocenters. The maximum Gasteiger partial charge on any atom is 0.301 e. The predicted octanol–water partition coefficient (Wildman–Crippen LogP) is 5.87. The monoisotopic (exact) mass is 601 g/mol. The Labute approximate surface area is 248 Å². The number of pyridine rings is 1. The number of rotatable bonds is 7. The van der Waals surface area contributed by atoms with Gasteiger partial charge >= 0.3 is 5.91 Å². The zero-order valence-electron chi connectivity index (χ0n) is 22.7. The highest BCUT2D eigenvalue weighted by Gasteiger charge is 2.49. The molecule has 2 aromatic carbocycles. The van der Waals surface area contributed by atoms with E-state index < -0.39 is 17.7 Å². The molecule has 1 aliphatic rings. The fourth-order valence-corrected chi connectivity index (χ4v) is 6.80. The van der Waals surface area contributed by atoms with Crippen molar-refractivity contribution in [1.82, 2.24) is 19.6 Å². The van der Waals surface area contributed by atoms with E-state index in [1.165, 1.54) is 29.8 Å². The summed E-state index contributed by atoms with van der Waals surface area (Å²) in [5, 5.41) is 20.2. The summed E-state index contributed by atoms with van der Waals surface area (Å²) in [5.74, 6) is -1.62. The molecule has 1 N–H and O–H groups in total. The average Bonchev–Trinajstić information content (AvgIpc) is 3.67. The zero-order chi connectivity index (χ0) is 29.5. The van der Waals surface area contributed by atoms with Crippen molar-refractivity contribution in [3.63, 3.8) is 0 Å². The number of benzene rings is 2. The molecule has 5 aromatic rings. The first-order chi connectivity index (χ1) is 20.3. The van der Waals surface area contributed by atoms with Crippen molar-refractivity contribution >= 4 is 51.3 Å². The summed E-state index contributed by atoms with van der Waals surface area (Å²) < 4.78 is 21.9. The van der Waals surface area contributed by atoms with E-state index in [4.69, 9.17) is 4.74 Å². The molecule has 212 valence electrons. The number of thioether (sulfide) groups is 1. The van der Waals surface area contributed by atoms with Crippen molar-refractivity contribution in [3.05, 3.63) is 106 Å². The predicted molar refractivity (Wildman–Crippen MR) is 158 cm³/mol. The van der Waals surface area contributed by atoms with Crippen molar-refractivity contribution in [2.75, 3.05) is 12.0 Å². The van der Waals surface area contributed by atoms with Gasteiger partial charge in [-0.1, -0.05) is 59.5 Å². The third-order valence-corrected chi connectivity index (χ3v) is 9.18. The summed E-state index contributed by atoms with van der Waals surface area (Å²) >= 11 is 2.37. The average molecular weight is 602 g/mol. The van der Waals surface area contributed by atoms with E-state index in [0.717, 1.165) is 16.9 Å². The summed E-state index contributed by atoms with van der Waals surface area (Å²) in [7, 11) is 1.52. The number of nitrogens with zero attached hydrogens (tertiary/aromatic N) is 5. The Morgan fingerprint density at radius 1 is 1.10 bits per heavy atom. The van der Waals surface area contributed by atoms with Gasteiger partial charge in [0.2, 0.25) is 5.13 Å². The van der Waals surface area contributed by atoms with Crippen LogP contribution in [0.2, 0.25) is 0 Å². The molecule has 1 aliphatic heterocycles. The molecular weight excluding hydrogens is 577 g/mol. The van der Waals surface area contributed by atoms with Gasteiger partial charge in [0.05, 0.1) is 24.4 Å². The van der Waals surface area contributed by atoms with E-state index in [-0.39, 0.29) is 28.0 Å². The van der Waals surface area contributed by atoms with E-state index in [9.17, 15) is 19.1 Å². The van der Waals surface area contributed by atoms with E-state index >= 15 is 0 Å². The van der Waals surface area contributed by atoms with Gasteiger partial charge in [0.15, 0.2) is 10.1 Å². The highest BCUT2D eigenvalue weighted by molar-refractivity contribution is 8.00. The van der Waals surface area contributed by atoms with Crippen molar-refractivity contribution in [3.8, 4) is 5.75 Å². The Bertz CT molecular complexity index is 1900. The second kappa shape index (κ2) is 11.0. The number of aryl methyl sites for hydroxylation is 2. The van der Waals surface area contributed by atoms with Crippen LogP contribution in [0.3, 0.4) is 0 Å². The number of ketones is 1. The van der Waals surface area contributed by atoms with Crippen LogP contribution in [-0.2, 0) is 15.3 Å². The number of halogens is 1. The van der Waals surface area contributed by atoms with Gasteiger partial charge in [-0.3, -0.25) is 14.5 Å². The number of Topliss-reactive ketones (excluding diaryl/α,β-unsaturated/α-hetero) is 1. The highest BCUT2D eigenvalue weighted by atomic mass is 32.2. The number of methoxy groups -OCH3 is 1. The third-order valence-electron chi connectivity index (χ3n) is 7.07. The number of aromatic nitrogens is 4. The largest absolute Gasteiger partial charge is 0.505 e. The van der Waals surface area contributed by atoms with Gasteiger partial charge in [0.25, 0.3) is 5.78 Å². The number of fused-ring (bicyclic) bond motifs is 1. The molecule has 0 radical (unpaired) electrons. The first-order valence-corrected chi connectivity index (χ1v) is 14.7. The molecule has 4 heterocycles. The minimum Gasteiger partial charge on any atom is -0.505 e. The molecule has 6 rings (SSSR count). The molecule has 1 unspecified atom stereocenters. The van der Waals surface area contributed by atoms with E-state index in [1.807, 2.05) is 29.7 Å². The van der Waals surface area contributed by atoms with Crippen LogP contribution in [0.5, 0.6) is 5.75 Å². The van der Waals surface area contributed by atoms with Crippen LogP contribution >= 0.6 is 23.1 Å². The number of hydrogen-bond donors (Lipinski definition) is 1. The quantitative estimate of drug-likeness (QED) is 0.0811. The van der Waals surface area contributed by atoms with Crippen molar-refractivity contribution in [2.24, 2.45) is 0 Å². The van der Waals surface area contributed by atoms with Gasteiger partial charge in [0.1, 0.15) is 22.9 Å². The fraction of sp³-hybridized carbons (Fsp3) is 0.167. The number of hydrogen-bond acceptors (Lipinski definition) is 9. The number of ether oxygens (including phenoxy) is 1. The lowest BCUT2D eigenvalue weighted by Gasteiger charge is -2.22. The maximum absolute atomic E-state index is 14.1. The second-order valence-corrected chi connectivity index (χ2v) is 11.8. The molecule has 0 aliphatic carbocycles. The minimum atomic E-state index is -1.03. The molecule has 0 bridgehead atoms. The molecule has 0 saturated carbocycles. The van der Waals surface area contributed by atoms with E-state index in [0.29, 0.717) is 38.3 Å². The minimum absolute atomic E-state index is 0.117. The van der Waals surface area contributed by atoms with Crippen LogP contribution in [-0.4, -0.2) is 43.5 Å². The molecule has 1 saturated heterocycles. The van der Waals surface area contributed by atoms with Crippen LogP contribution < -0.4 is 9.64 Å². The number of aliphatic hydroxyl groups excluding tert-OH is 1. The molecule has 42 heavy (non-hydrogen) atoms. The normalized spacial score (nSPS) is 16.5. The van der Waals surface area contributed by atoms with Gasteiger partial charge in [-0.25, -0.2) is 9.37 Å². The Balaban J connectivity index is 1.45.